The highest BCUT2D eigenvalue weighted by atomic mass is 79.9. The van der Waals surface area contributed by atoms with Gasteiger partial charge in [-0.2, -0.15) is 0 Å². The minimum atomic E-state index is -1.29. The summed E-state index contributed by atoms with van der Waals surface area (Å²) in [6.07, 6.45) is 3.17. The van der Waals surface area contributed by atoms with Crippen molar-refractivity contribution in [3.63, 3.8) is 0 Å². The Morgan fingerprint density at radius 1 is 1.21 bits per heavy atom. The number of carbonyl (C=O) groups excluding carboxylic acids is 3. The zero-order valence-corrected chi connectivity index (χ0v) is 25.5. The molecular formula is C33H37BrN2O6. The van der Waals surface area contributed by atoms with Crippen LogP contribution in [0.4, 0.5) is 5.69 Å². The van der Waals surface area contributed by atoms with E-state index in [9.17, 15) is 19.5 Å². The summed E-state index contributed by atoms with van der Waals surface area (Å²) in [5, 5.41) is 10.7. The fraction of sp³-hybridized carbons (Fsp3) is 0.424. The third kappa shape index (κ3) is 5.01. The number of nitrogens with zero attached hydrogens (tertiary/aromatic N) is 2. The van der Waals surface area contributed by atoms with Gasteiger partial charge in [-0.1, -0.05) is 77.1 Å². The minimum absolute atomic E-state index is 0.00199. The lowest BCUT2D eigenvalue weighted by Gasteiger charge is -2.39. The Morgan fingerprint density at radius 3 is 2.62 bits per heavy atom. The number of fused-ring (bicyclic) bond motifs is 1. The molecule has 3 aliphatic heterocycles. The lowest BCUT2D eigenvalue weighted by Crippen LogP contribution is -2.59. The van der Waals surface area contributed by atoms with Gasteiger partial charge in [0.1, 0.15) is 18.2 Å². The second-order valence-corrected chi connectivity index (χ2v) is 12.6. The first-order valence-corrected chi connectivity index (χ1v) is 15.2. The quantitative estimate of drug-likeness (QED) is 0.228. The number of hydrogen-bond acceptors (Lipinski definition) is 6. The van der Waals surface area contributed by atoms with Gasteiger partial charge < -0.3 is 24.4 Å². The molecule has 2 amide bonds. The molecule has 1 N–H and O–H groups in total. The number of aryl methyl sites for hydroxylation is 2. The first-order chi connectivity index (χ1) is 20.2. The highest BCUT2D eigenvalue weighted by molar-refractivity contribution is 9.09. The Bertz CT molecular complexity index is 1380. The molecule has 222 valence electrons. The number of aliphatic hydroxyl groups is 1. The molecule has 3 heterocycles. The molecule has 5 rings (SSSR count). The minimum Gasteiger partial charge on any atom is -0.461 e. The Kier molecular flexibility index (Phi) is 8.73. The van der Waals surface area contributed by atoms with Crippen molar-refractivity contribution in [2.75, 3.05) is 24.7 Å². The molecule has 9 heteroatoms. The summed E-state index contributed by atoms with van der Waals surface area (Å²) in [6, 6.07) is 13.6. The molecule has 3 unspecified atom stereocenters. The van der Waals surface area contributed by atoms with Crippen molar-refractivity contribution in [3.05, 3.63) is 90.5 Å². The van der Waals surface area contributed by atoms with Crippen molar-refractivity contribution in [2.45, 2.75) is 55.3 Å². The molecule has 0 aliphatic carbocycles. The van der Waals surface area contributed by atoms with Gasteiger partial charge in [-0.15, -0.1) is 6.58 Å². The lowest BCUT2D eigenvalue weighted by atomic mass is 9.70. The van der Waals surface area contributed by atoms with Crippen LogP contribution in [0.5, 0.6) is 0 Å². The first-order valence-electron chi connectivity index (χ1n) is 14.2. The van der Waals surface area contributed by atoms with Crippen molar-refractivity contribution >= 4 is 39.4 Å². The van der Waals surface area contributed by atoms with E-state index in [1.54, 1.807) is 11.0 Å². The van der Waals surface area contributed by atoms with Crippen LogP contribution in [-0.2, 0) is 30.3 Å². The number of esters is 1. The molecule has 1 spiro atoms. The van der Waals surface area contributed by atoms with E-state index in [-0.39, 0.29) is 36.4 Å². The van der Waals surface area contributed by atoms with E-state index in [4.69, 9.17) is 9.47 Å². The number of aliphatic hydroxyl groups excluding tert-OH is 1. The van der Waals surface area contributed by atoms with Gasteiger partial charge in [-0.05, 0) is 49.4 Å². The number of ether oxygens (including phenoxy) is 2. The molecule has 0 saturated carbocycles. The fourth-order valence-electron chi connectivity index (χ4n) is 6.98. The molecule has 2 aromatic carbocycles. The van der Waals surface area contributed by atoms with Gasteiger partial charge in [0, 0.05) is 17.1 Å². The predicted octanol–water partition coefficient (Wildman–Crippen LogP) is 3.90. The third-order valence-corrected chi connectivity index (χ3v) is 9.57. The van der Waals surface area contributed by atoms with E-state index in [1.807, 2.05) is 62.4 Å². The van der Waals surface area contributed by atoms with Crippen LogP contribution in [0.2, 0.25) is 0 Å². The van der Waals surface area contributed by atoms with E-state index >= 15 is 0 Å². The monoisotopic (exact) mass is 636 g/mol. The summed E-state index contributed by atoms with van der Waals surface area (Å²) < 4.78 is 12.1. The standard InChI is InChI=1S/C33H37BrN2O6/c1-5-14-35(25-16-20(3)12-13-21(25)4)31(39)29-33-18-24(34)28(42-33)26(32(40)41-15-6-2)27(33)30(38)36(29)23(19-37)17-22-10-8-7-9-11-22/h5-13,16,23-24,26-29,37H,1-2,14-15,17-19H2,3-4H3/t23-,24?,26-,27+,28-,29?,33?/m1/s1. The molecule has 3 aliphatic rings. The van der Waals surface area contributed by atoms with Crippen molar-refractivity contribution in [1.29, 1.82) is 0 Å². The van der Waals surface area contributed by atoms with Crippen molar-refractivity contribution in [2.24, 2.45) is 11.8 Å². The van der Waals surface area contributed by atoms with Gasteiger partial charge in [-0.3, -0.25) is 14.4 Å². The summed E-state index contributed by atoms with van der Waals surface area (Å²) in [5.74, 6) is -3.12. The fourth-order valence-corrected chi connectivity index (χ4v) is 7.92. The maximum atomic E-state index is 14.9. The highest BCUT2D eigenvalue weighted by Crippen LogP contribution is 2.61. The summed E-state index contributed by atoms with van der Waals surface area (Å²) in [6.45, 7) is 11.2. The largest absolute Gasteiger partial charge is 0.461 e. The molecule has 2 bridgehead atoms. The SMILES string of the molecule is C=CCOC(=O)[C@H]1[C@@H]2OC3(CC2Br)C(C(=O)N(CC=C)c2cc(C)ccc2C)N([C@@H](CO)Cc2ccccc2)C(=O)[C@H]13. The Balaban J connectivity index is 1.64. The number of alkyl halides is 1. The van der Waals surface area contributed by atoms with Gasteiger partial charge in [-0.25, -0.2) is 0 Å². The second kappa shape index (κ2) is 12.1. The predicted molar refractivity (Wildman–Crippen MR) is 163 cm³/mol. The molecule has 3 saturated heterocycles. The Labute approximate surface area is 255 Å². The number of carbonyl (C=O) groups is 3. The van der Waals surface area contributed by atoms with Gasteiger partial charge in [0.2, 0.25) is 5.91 Å². The Hall–Kier alpha value is -3.27. The summed E-state index contributed by atoms with van der Waals surface area (Å²) in [7, 11) is 0. The molecule has 0 radical (unpaired) electrons. The van der Waals surface area contributed by atoms with Crippen LogP contribution in [-0.4, -0.2) is 76.2 Å². The Morgan fingerprint density at radius 2 is 1.95 bits per heavy atom. The number of halogens is 1. The zero-order valence-electron chi connectivity index (χ0n) is 23.9. The molecule has 2 aromatic rings. The molecule has 7 atom stereocenters. The average Bonchev–Trinajstić information content (AvgIpc) is 3.58. The average molecular weight is 638 g/mol. The first kappa shape index (κ1) is 30.2. The van der Waals surface area contributed by atoms with Crippen LogP contribution >= 0.6 is 15.9 Å². The summed E-state index contributed by atoms with van der Waals surface area (Å²) in [4.78, 5) is 45.6. The maximum absolute atomic E-state index is 14.9. The van der Waals surface area contributed by atoms with Gasteiger partial charge >= 0.3 is 5.97 Å². The normalized spacial score (nSPS) is 28.3. The molecule has 0 aromatic heterocycles. The van der Waals surface area contributed by atoms with Crippen LogP contribution in [0.25, 0.3) is 0 Å². The van der Waals surface area contributed by atoms with Crippen molar-refractivity contribution < 1.29 is 29.0 Å². The smallest absolute Gasteiger partial charge is 0.312 e. The maximum Gasteiger partial charge on any atom is 0.312 e. The number of likely N-dealkylation sites (tertiary alicyclic amines) is 1. The highest BCUT2D eigenvalue weighted by Gasteiger charge is 2.77. The molecule has 3 fully saturated rings. The van der Waals surface area contributed by atoms with Gasteiger partial charge in [0.05, 0.1) is 30.6 Å². The van der Waals surface area contributed by atoms with Crippen molar-refractivity contribution in [3.8, 4) is 0 Å². The van der Waals surface area contributed by atoms with Gasteiger partial charge in [0.25, 0.3) is 5.91 Å². The topological polar surface area (TPSA) is 96.4 Å². The zero-order chi connectivity index (χ0) is 30.2. The number of hydrogen-bond donors (Lipinski definition) is 1. The van der Waals surface area contributed by atoms with Crippen LogP contribution in [0.1, 0.15) is 23.1 Å². The summed E-state index contributed by atoms with van der Waals surface area (Å²) in [5.41, 5.74) is 2.21. The van der Waals surface area contributed by atoms with E-state index in [0.29, 0.717) is 18.5 Å². The van der Waals surface area contributed by atoms with E-state index in [2.05, 4.69) is 29.1 Å². The number of benzene rings is 2. The van der Waals surface area contributed by atoms with Crippen LogP contribution in [0.3, 0.4) is 0 Å². The van der Waals surface area contributed by atoms with E-state index < -0.39 is 41.6 Å². The van der Waals surface area contributed by atoms with Crippen molar-refractivity contribution in [1.82, 2.24) is 4.90 Å². The van der Waals surface area contributed by atoms with Crippen LogP contribution in [0, 0.1) is 25.7 Å². The van der Waals surface area contributed by atoms with E-state index in [0.717, 1.165) is 16.7 Å². The molecule has 8 nitrogen and oxygen atoms in total. The van der Waals surface area contributed by atoms with Crippen LogP contribution < -0.4 is 4.90 Å². The van der Waals surface area contributed by atoms with Crippen LogP contribution in [0.15, 0.2) is 73.8 Å². The van der Waals surface area contributed by atoms with E-state index in [1.165, 1.54) is 11.0 Å². The number of amides is 2. The lowest BCUT2D eigenvalue weighted by molar-refractivity contribution is -0.154. The molecule has 42 heavy (non-hydrogen) atoms. The summed E-state index contributed by atoms with van der Waals surface area (Å²) >= 11 is 3.69. The number of anilines is 1. The second-order valence-electron chi connectivity index (χ2n) is 11.4. The number of rotatable bonds is 11. The van der Waals surface area contributed by atoms with Gasteiger partial charge in [0.15, 0.2) is 0 Å². The third-order valence-electron chi connectivity index (χ3n) is 8.73. The molecular weight excluding hydrogens is 600 g/mol.